The second-order valence-corrected chi connectivity index (χ2v) is 8.33. The van der Waals surface area contributed by atoms with Gasteiger partial charge in [0.1, 0.15) is 5.01 Å². The van der Waals surface area contributed by atoms with E-state index in [1.807, 2.05) is 14.0 Å². The Hall–Kier alpha value is -0.720. The van der Waals surface area contributed by atoms with E-state index in [1.165, 1.54) is 25.8 Å². The fourth-order valence-corrected chi connectivity index (χ4v) is 4.84. The molecule has 3 heterocycles. The van der Waals surface area contributed by atoms with Crippen molar-refractivity contribution in [1.29, 1.82) is 0 Å². The predicted octanol–water partition coefficient (Wildman–Crippen LogP) is 2.56. The van der Waals surface area contributed by atoms with Crippen molar-refractivity contribution in [1.82, 2.24) is 15.1 Å². The summed E-state index contributed by atoms with van der Waals surface area (Å²) in [6, 6.07) is 1.18. The maximum Gasteiger partial charge on any atom is 0.208 e. The summed E-state index contributed by atoms with van der Waals surface area (Å²) in [6.45, 7) is 10.9. The van der Waals surface area contributed by atoms with Gasteiger partial charge >= 0.3 is 0 Å². The largest absolute Gasteiger partial charge is 0.383 e. The van der Waals surface area contributed by atoms with Crippen molar-refractivity contribution in [3.05, 3.63) is 5.01 Å². The molecule has 1 unspecified atom stereocenters. The van der Waals surface area contributed by atoms with E-state index >= 15 is 0 Å². The van der Waals surface area contributed by atoms with Crippen molar-refractivity contribution in [2.75, 3.05) is 38.3 Å². The highest BCUT2D eigenvalue weighted by Crippen LogP contribution is 2.45. The Morgan fingerprint density at radius 3 is 2.59 bits per heavy atom. The van der Waals surface area contributed by atoms with E-state index in [4.69, 9.17) is 4.74 Å². The summed E-state index contributed by atoms with van der Waals surface area (Å²) in [5.41, 5.74) is 0.476. The van der Waals surface area contributed by atoms with Crippen LogP contribution < -0.4 is 4.90 Å². The lowest BCUT2D eigenvalue weighted by atomic mass is 9.77. The van der Waals surface area contributed by atoms with Gasteiger partial charge in [-0.15, -0.1) is 10.2 Å². The minimum absolute atomic E-state index is 0.476. The van der Waals surface area contributed by atoms with E-state index in [1.54, 1.807) is 11.3 Å². The zero-order valence-electron chi connectivity index (χ0n) is 14.2. The molecule has 0 bridgehead atoms. The topological polar surface area (TPSA) is 41.5 Å². The molecule has 0 saturated carbocycles. The molecule has 124 valence electrons. The van der Waals surface area contributed by atoms with Gasteiger partial charge in [-0.05, 0) is 45.4 Å². The van der Waals surface area contributed by atoms with Gasteiger partial charge in [0, 0.05) is 38.8 Å². The molecule has 0 amide bonds. The predicted molar refractivity (Wildman–Crippen MR) is 90.6 cm³/mol. The van der Waals surface area contributed by atoms with E-state index in [0.29, 0.717) is 17.5 Å². The first-order chi connectivity index (χ1) is 10.5. The van der Waals surface area contributed by atoms with Crippen LogP contribution in [0.1, 0.15) is 38.1 Å². The molecule has 0 radical (unpaired) electrons. The summed E-state index contributed by atoms with van der Waals surface area (Å²) in [4.78, 5) is 5.06. The molecule has 5 nitrogen and oxygen atoms in total. The monoisotopic (exact) mass is 324 g/mol. The lowest BCUT2D eigenvalue weighted by Crippen LogP contribution is -2.42. The zero-order chi connectivity index (χ0) is 15.7. The van der Waals surface area contributed by atoms with Gasteiger partial charge in [0.05, 0.1) is 6.61 Å². The Bertz CT molecular complexity index is 496. The van der Waals surface area contributed by atoms with Crippen LogP contribution in [0.2, 0.25) is 0 Å². The molecule has 0 aliphatic carbocycles. The number of hydrogen-bond donors (Lipinski definition) is 0. The van der Waals surface area contributed by atoms with Crippen molar-refractivity contribution < 1.29 is 4.74 Å². The van der Waals surface area contributed by atoms with Gasteiger partial charge in [-0.25, -0.2) is 0 Å². The number of piperidine rings is 1. The van der Waals surface area contributed by atoms with Crippen LogP contribution in [0.3, 0.4) is 0 Å². The molecule has 2 aliphatic rings. The summed E-state index contributed by atoms with van der Waals surface area (Å²) in [5.74, 6) is 0. The lowest BCUT2D eigenvalue weighted by molar-refractivity contribution is 0.0975. The maximum atomic E-state index is 5.46. The third kappa shape index (κ3) is 3.14. The number of ether oxygens (including phenoxy) is 1. The minimum atomic E-state index is 0.476. The van der Waals surface area contributed by atoms with Crippen molar-refractivity contribution >= 4 is 16.5 Å². The fourth-order valence-electron chi connectivity index (χ4n) is 4.10. The number of rotatable bonds is 4. The molecule has 0 aromatic carbocycles. The molecule has 1 atom stereocenters. The highest BCUT2D eigenvalue weighted by atomic mass is 32.1. The third-order valence-corrected chi connectivity index (χ3v) is 6.19. The van der Waals surface area contributed by atoms with Gasteiger partial charge in [-0.2, -0.15) is 0 Å². The molecular weight excluding hydrogens is 296 g/mol. The molecule has 3 rings (SSSR count). The highest BCUT2D eigenvalue weighted by Gasteiger charge is 2.46. The van der Waals surface area contributed by atoms with E-state index in [9.17, 15) is 0 Å². The van der Waals surface area contributed by atoms with Gasteiger partial charge in [0.25, 0.3) is 0 Å². The van der Waals surface area contributed by atoms with E-state index < -0.39 is 0 Å². The summed E-state index contributed by atoms with van der Waals surface area (Å²) < 4.78 is 5.46. The fraction of sp³-hybridized carbons (Fsp3) is 0.875. The van der Waals surface area contributed by atoms with Crippen LogP contribution in [-0.2, 0) is 4.74 Å². The van der Waals surface area contributed by atoms with Crippen molar-refractivity contribution in [3.8, 4) is 0 Å². The molecule has 2 aliphatic heterocycles. The summed E-state index contributed by atoms with van der Waals surface area (Å²) in [6.07, 6.45) is 3.80. The molecular formula is C16H28N4OS. The molecule has 6 heteroatoms. The Morgan fingerprint density at radius 2 is 2.05 bits per heavy atom. The SMILES string of the molecule is COCC1CC2(CCN(c3nnc(C)s3)CC2)CN1C(C)C. The Balaban J connectivity index is 1.64. The molecule has 1 aromatic rings. The van der Waals surface area contributed by atoms with Crippen LogP contribution in [0.5, 0.6) is 0 Å². The van der Waals surface area contributed by atoms with Crippen LogP contribution >= 0.6 is 11.3 Å². The number of aryl methyl sites for hydroxylation is 1. The first-order valence-corrected chi connectivity index (χ1v) is 9.14. The summed E-state index contributed by atoms with van der Waals surface area (Å²) in [5, 5.41) is 10.6. The first-order valence-electron chi connectivity index (χ1n) is 8.33. The van der Waals surface area contributed by atoms with Crippen LogP contribution in [0, 0.1) is 12.3 Å². The number of methoxy groups -OCH3 is 1. The highest BCUT2D eigenvalue weighted by molar-refractivity contribution is 7.15. The number of nitrogens with zero attached hydrogens (tertiary/aromatic N) is 4. The van der Waals surface area contributed by atoms with Crippen molar-refractivity contribution in [2.45, 2.75) is 52.1 Å². The molecule has 2 saturated heterocycles. The van der Waals surface area contributed by atoms with E-state index in [2.05, 4.69) is 33.8 Å². The zero-order valence-corrected chi connectivity index (χ0v) is 15.0. The van der Waals surface area contributed by atoms with Gasteiger partial charge in [-0.3, -0.25) is 4.90 Å². The quantitative estimate of drug-likeness (QED) is 0.851. The molecule has 0 N–H and O–H groups in total. The van der Waals surface area contributed by atoms with Gasteiger partial charge in [0.15, 0.2) is 0 Å². The van der Waals surface area contributed by atoms with Crippen LogP contribution in [-0.4, -0.2) is 60.5 Å². The van der Waals surface area contributed by atoms with Crippen LogP contribution in [0.25, 0.3) is 0 Å². The molecule has 2 fully saturated rings. The number of likely N-dealkylation sites (tertiary alicyclic amines) is 1. The van der Waals surface area contributed by atoms with Crippen LogP contribution in [0.4, 0.5) is 5.13 Å². The lowest BCUT2D eigenvalue weighted by Gasteiger charge is -2.39. The number of anilines is 1. The molecule has 1 aromatic heterocycles. The Morgan fingerprint density at radius 1 is 1.32 bits per heavy atom. The van der Waals surface area contributed by atoms with E-state index in [-0.39, 0.29) is 0 Å². The average molecular weight is 324 g/mol. The first kappa shape index (κ1) is 16.1. The van der Waals surface area contributed by atoms with Crippen molar-refractivity contribution in [3.63, 3.8) is 0 Å². The van der Waals surface area contributed by atoms with Gasteiger partial charge in [-0.1, -0.05) is 11.3 Å². The Labute approximate surface area is 137 Å². The standard InChI is InChI=1S/C16H28N4OS/c1-12(2)20-11-16(9-14(20)10-21-4)5-7-19(8-6-16)15-18-17-13(3)22-15/h12,14H,5-11H2,1-4H3. The second-order valence-electron chi connectivity index (χ2n) is 7.17. The molecule has 22 heavy (non-hydrogen) atoms. The summed E-state index contributed by atoms with van der Waals surface area (Å²) >= 11 is 1.71. The number of hydrogen-bond acceptors (Lipinski definition) is 6. The Kier molecular flexibility index (Phi) is 4.71. The normalized spacial score (nSPS) is 25.5. The number of aromatic nitrogens is 2. The smallest absolute Gasteiger partial charge is 0.208 e. The minimum Gasteiger partial charge on any atom is -0.383 e. The summed E-state index contributed by atoms with van der Waals surface area (Å²) in [7, 11) is 1.82. The van der Waals surface area contributed by atoms with Crippen LogP contribution in [0.15, 0.2) is 0 Å². The van der Waals surface area contributed by atoms with Crippen molar-refractivity contribution in [2.24, 2.45) is 5.41 Å². The van der Waals surface area contributed by atoms with Gasteiger partial charge in [0.2, 0.25) is 5.13 Å². The molecule has 1 spiro atoms. The maximum absolute atomic E-state index is 5.46. The second kappa shape index (κ2) is 6.42. The third-order valence-electron chi connectivity index (χ3n) is 5.29. The van der Waals surface area contributed by atoms with E-state index in [0.717, 1.165) is 29.8 Å². The van der Waals surface area contributed by atoms with Gasteiger partial charge < -0.3 is 9.64 Å². The average Bonchev–Trinajstić information content (AvgIpc) is 3.05.